The van der Waals surface area contributed by atoms with E-state index in [1.54, 1.807) is 4.68 Å². The number of ether oxygens (including phenoxy) is 1. The highest BCUT2D eigenvalue weighted by molar-refractivity contribution is 9.10. The second-order valence-electron chi connectivity index (χ2n) is 4.65. The van der Waals surface area contributed by atoms with Gasteiger partial charge < -0.3 is 10.5 Å². The smallest absolute Gasteiger partial charge is 0.132 e. The summed E-state index contributed by atoms with van der Waals surface area (Å²) in [4.78, 5) is 0. The van der Waals surface area contributed by atoms with Crippen molar-refractivity contribution in [3.05, 3.63) is 28.2 Å². The van der Waals surface area contributed by atoms with Crippen LogP contribution in [0.25, 0.3) is 11.3 Å². The zero-order valence-corrected chi connectivity index (χ0v) is 11.9. The van der Waals surface area contributed by atoms with Crippen molar-refractivity contribution < 1.29 is 4.74 Å². The second-order valence-corrected chi connectivity index (χ2v) is 5.57. The van der Waals surface area contributed by atoms with Gasteiger partial charge in [-0.3, -0.25) is 4.68 Å². The van der Waals surface area contributed by atoms with E-state index in [1.165, 1.54) is 5.56 Å². The summed E-state index contributed by atoms with van der Waals surface area (Å²) >= 11 is 3.54. The standard InChI is InChI=1S/C13H14BrN3O/c1-7-3-8-4-9(14)5-10(13(8)18-7)11-6-12(15)17(2)16-11/h4-7H,3,15H2,1-2H3. The van der Waals surface area contributed by atoms with Gasteiger partial charge in [-0.05, 0) is 24.6 Å². The summed E-state index contributed by atoms with van der Waals surface area (Å²) in [6.07, 6.45) is 1.15. The molecule has 0 bridgehead atoms. The van der Waals surface area contributed by atoms with Crippen LogP contribution < -0.4 is 10.5 Å². The number of halogens is 1. The number of nitrogen functional groups attached to an aromatic ring is 1. The number of aromatic nitrogens is 2. The van der Waals surface area contributed by atoms with Crippen LogP contribution in [0.2, 0.25) is 0 Å². The topological polar surface area (TPSA) is 53.1 Å². The summed E-state index contributed by atoms with van der Waals surface area (Å²) in [6, 6.07) is 6.00. The van der Waals surface area contributed by atoms with Crippen LogP contribution >= 0.6 is 15.9 Å². The summed E-state index contributed by atoms with van der Waals surface area (Å²) in [7, 11) is 1.83. The van der Waals surface area contributed by atoms with Crippen LogP contribution in [0.5, 0.6) is 5.75 Å². The molecule has 0 saturated carbocycles. The maximum absolute atomic E-state index is 5.89. The van der Waals surface area contributed by atoms with Crippen molar-refractivity contribution in [3.63, 3.8) is 0 Å². The molecule has 2 N–H and O–H groups in total. The third kappa shape index (κ3) is 1.79. The second kappa shape index (κ2) is 4.02. The van der Waals surface area contributed by atoms with Crippen LogP contribution in [0.4, 0.5) is 5.82 Å². The van der Waals surface area contributed by atoms with Gasteiger partial charge in [-0.25, -0.2) is 0 Å². The van der Waals surface area contributed by atoms with Crippen molar-refractivity contribution in [1.82, 2.24) is 9.78 Å². The van der Waals surface area contributed by atoms with Gasteiger partial charge in [0.1, 0.15) is 17.7 Å². The first-order chi connectivity index (χ1) is 8.54. The molecule has 2 heterocycles. The van der Waals surface area contributed by atoms with Gasteiger partial charge in [0.2, 0.25) is 0 Å². The average molecular weight is 308 g/mol. The molecule has 0 saturated heterocycles. The zero-order valence-electron chi connectivity index (χ0n) is 10.3. The molecule has 1 aromatic heterocycles. The molecule has 0 fully saturated rings. The monoisotopic (exact) mass is 307 g/mol. The Labute approximate surface area is 114 Å². The summed E-state index contributed by atoms with van der Waals surface area (Å²) < 4.78 is 8.59. The van der Waals surface area contributed by atoms with Crippen LogP contribution in [-0.2, 0) is 13.5 Å². The highest BCUT2D eigenvalue weighted by atomic mass is 79.9. The maximum Gasteiger partial charge on any atom is 0.132 e. The normalized spacial score (nSPS) is 17.6. The Hall–Kier alpha value is -1.49. The zero-order chi connectivity index (χ0) is 12.9. The quantitative estimate of drug-likeness (QED) is 0.881. The molecule has 94 valence electrons. The summed E-state index contributed by atoms with van der Waals surface area (Å²) in [5, 5.41) is 4.41. The maximum atomic E-state index is 5.89. The van der Waals surface area contributed by atoms with Gasteiger partial charge >= 0.3 is 0 Å². The highest BCUT2D eigenvalue weighted by Crippen LogP contribution is 2.40. The van der Waals surface area contributed by atoms with Gasteiger partial charge in [-0.1, -0.05) is 15.9 Å². The Morgan fingerprint density at radius 3 is 2.89 bits per heavy atom. The van der Waals surface area contributed by atoms with Crippen molar-refractivity contribution in [2.24, 2.45) is 7.05 Å². The fourth-order valence-corrected chi connectivity index (χ4v) is 2.80. The molecule has 3 rings (SSSR count). The molecule has 1 atom stereocenters. The fourth-order valence-electron chi connectivity index (χ4n) is 2.30. The van der Waals surface area contributed by atoms with Crippen LogP contribution in [-0.4, -0.2) is 15.9 Å². The number of benzene rings is 1. The third-order valence-corrected chi connectivity index (χ3v) is 3.61. The summed E-state index contributed by atoms with van der Waals surface area (Å²) in [5.74, 6) is 1.58. The van der Waals surface area contributed by atoms with E-state index in [4.69, 9.17) is 10.5 Å². The molecule has 1 aromatic carbocycles. The van der Waals surface area contributed by atoms with E-state index in [0.29, 0.717) is 5.82 Å². The predicted molar refractivity (Wildman–Crippen MR) is 74.6 cm³/mol. The number of anilines is 1. The number of rotatable bonds is 1. The summed E-state index contributed by atoms with van der Waals surface area (Å²) in [5.41, 5.74) is 8.90. The van der Waals surface area contributed by atoms with E-state index in [2.05, 4.69) is 34.0 Å². The van der Waals surface area contributed by atoms with Gasteiger partial charge in [0.05, 0.1) is 5.69 Å². The first-order valence-electron chi connectivity index (χ1n) is 5.83. The van der Waals surface area contributed by atoms with Gasteiger partial charge in [-0.15, -0.1) is 0 Å². The molecular weight excluding hydrogens is 294 g/mol. The number of nitrogens with zero attached hydrogens (tertiary/aromatic N) is 2. The van der Waals surface area contributed by atoms with E-state index in [9.17, 15) is 0 Å². The van der Waals surface area contributed by atoms with Crippen LogP contribution in [0.15, 0.2) is 22.7 Å². The number of aryl methyl sites for hydroxylation is 1. The molecule has 0 amide bonds. The van der Waals surface area contributed by atoms with Gasteiger partial charge in [-0.2, -0.15) is 5.10 Å². The molecule has 5 heteroatoms. The molecule has 2 aromatic rings. The van der Waals surface area contributed by atoms with Crippen molar-refractivity contribution in [3.8, 4) is 17.0 Å². The lowest BCUT2D eigenvalue weighted by Gasteiger charge is -2.08. The van der Waals surface area contributed by atoms with Gasteiger partial charge in [0.25, 0.3) is 0 Å². The molecular formula is C13H14BrN3O. The van der Waals surface area contributed by atoms with Crippen molar-refractivity contribution in [2.75, 3.05) is 5.73 Å². The van der Waals surface area contributed by atoms with Gasteiger partial charge in [0, 0.05) is 29.6 Å². The number of nitrogens with two attached hydrogens (primary N) is 1. The lowest BCUT2D eigenvalue weighted by Crippen LogP contribution is -2.05. The fraction of sp³-hybridized carbons (Fsp3) is 0.308. The first kappa shape index (κ1) is 11.6. The molecule has 18 heavy (non-hydrogen) atoms. The lowest BCUT2D eigenvalue weighted by atomic mass is 10.0. The molecule has 4 nitrogen and oxygen atoms in total. The van der Waals surface area contributed by atoms with Crippen LogP contribution in [0.3, 0.4) is 0 Å². The Balaban J connectivity index is 2.18. The SMILES string of the molecule is CC1Cc2cc(Br)cc(-c3cc(N)n(C)n3)c2O1. The molecule has 0 spiro atoms. The molecule has 1 unspecified atom stereocenters. The molecule has 0 radical (unpaired) electrons. The van der Waals surface area contributed by atoms with Crippen LogP contribution in [0.1, 0.15) is 12.5 Å². The lowest BCUT2D eigenvalue weighted by molar-refractivity contribution is 0.255. The number of fused-ring (bicyclic) bond motifs is 1. The van der Waals surface area contributed by atoms with Gasteiger partial charge in [0.15, 0.2) is 0 Å². The van der Waals surface area contributed by atoms with E-state index in [0.717, 1.165) is 27.9 Å². The minimum Gasteiger partial charge on any atom is -0.489 e. The van der Waals surface area contributed by atoms with E-state index < -0.39 is 0 Å². The summed E-state index contributed by atoms with van der Waals surface area (Å²) in [6.45, 7) is 2.07. The third-order valence-electron chi connectivity index (χ3n) is 3.15. The van der Waals surface area contributed by atoms with Crippen molar-refractivity contribution >= 4 is 21.7 Å². The first-order valence-corrected chi connectivity index (χ1v) is 6.63. The average Bonchev–Trinajstić information content (AvgIpc) is 2.81. The van der Waals surface area contributed by atoms with Crippen molar-refractivity contribution in [1.29, 1.82) is 0 Å². The molecule has 1 aliphatic heterocycles. The predicted octanol–water partition coefficient (Wildman–Crippen LogP) is 2.76. The largest absolute Gasteiger partial charge is 0.489 e. The Morgan fingerprint density at radius 2 is 2.22 bits per heavy atom. The minimum atomic E-state index is 0.217. The van der Waals surface area contributed by atoms with E-state index in [1.807, 2.05) is 19.2 Å². The van der Waals surface area contributed by atoms with Crippen LogP contribution in [0, 0.1) is 0 Å². The van der Waals surface area contributed by atoms with E-state index >= 15 is 0 Å². The van der Waals surface area contributed by atoms with E-state index in [-0.39, 0.29) is 6.10 Å². The highest BCUT2D eigenvalue weighted by Gasteiger charge is 2.24. The Kier molecular flexibility index (Phi) is 2.59. The van der Waals surface area contributed by atoms with Crippen molar-refractivity contribution in [2.45, 2.75) is 19.4 Å². The molecule has 1 aliphatic rings. The minimum absolute atomic E-state index is 0.217. The Bertz CT molecular complexity index is 601. The number of hydrogen-bond donors (Lipinski definition) is 1. The molecule has 0 aliphatic carbocycles. The number of hydrogen-bond acceptors (Lipinski definition) is 3. The Morgan fingerprint density at radius 1 is 1.44 bits per heavy atom.